The molecule has 1 unspecified atom stereocenters. The van der Waals surface area contributed by atoms with Crippen molar-refractivity contribution in [2.24, 2.45) is 5.92 Å². The van der Waals surface area contributed by atoms with Gasteiger partial charge in [0, 0.05) is 0 Å². The molecular formula is C14H18O4S. The van der Waals surface area contributed by atoms with Crippen LogP contribution in [-0.2, 0) is 14.6 Å². The van der Waals surface area contributed by atoms with Crippen LogP contribution < -0.4 is 0 Å². The topological polar surface area (TPSA) is 71.4 Å². The third-order valence-corrected chi connectivity index (χ3v) is 5.91. The maximum atomic E-state index is 12.5. The Morgan fingerprint density at radius 2 is 1.68 bits per heavy atom. The summed E-state index contributed by atoms with van der Waals surface area (Å²) in [6.07, 6.45) is 4.26. The molecule has 1 fully saturated rings. The van der Waals surface area contributed by atoms with Crippen LogP contribution in [0.15, 0.2) is 35.2 Å². The quantitative estimate of drug-likeness (QED) is 0.921. The molecule has 5 heteroatoms. The van der Waals surface area contributed by atoms with E-state index in [0.717, 1.165) is 19.3 Å². The normalized spacial score (nSPS) is 18.9. The van der Waals surface area contributed by atoms with E-state index in [-0.39, 0.29) is 10.8 Å². The molecule has 104 valence electrons. The van der Waals surface area contributed by atoms with Crippen LogP contribution in [0.4, 0.5) is 0 Å². The monoisotopic (exact) mass is 282 g/mol. The zero-order valence-corrected chi connectivity index (χ0v) is 11.5. The third-order valence-electron chi connectivity index (χ3n) is 3.73. The summed E-state index contributed by atoms with van der Waals surface area (Å²) in [5.74, 6) is -1.49. The number of hydrogen-bond acceptors (Lipinski definition) is 3. The molecule has 2 rings (SSSR count). The SMILES string of the molecule is O=C(O)C(C1CCCCC1)S(=O)(=O)c1ccccc1. The number of carboxylic acid groups (broad SMARTS) is 1. The Labute approximate surface area is 113 Å². The van der Waals surface area contributed by atoms with E-state index < -0.39 is 21.1 Å². The predicted molar refractivity (Wildman–Crippen MR) is 71.6 cm³/mol. The Balaban J connectivity index is 2.36. The molecule has 19 heavy (non-hydrogen) atoms. The molecule has 0 spiro atoms. The van der Waals surface area contributed by atoms with Crippen molar-refractivity contribution < 1.29 is 18.3 Å². The van der Waals surface area contributed by atoms with Gasteiger partial charge in [-0.2, -0.15) is 0 Å². The van der Waals surface area contributed by atoms with Crippen LogP contribution in [-0.4, -0.2) is 24.7 Å². The van der Waals surface area contributed by atoms with Crippen molar-refractivity contribution in [1.29, 1.82) is 0 Å². The Morgan fingerprint density at radius 3 is 2.21 bits per heavy atom. The molecular weight excluding hydrogens is 264 g/mol. The molecule has 0 bridgehead atoms. The van der Waals surface area contributed by atoms with Crippen LogP contribution in [0.1, 0.15) is 32.1 Å². The van der Waals surface area contributed by atoms with Gasteiger partial charge in [0.15, 0.2) is 15.1 Å². The fraction of sp³-hybridized carbons (Fsp3) is 0.500. The summed E-state index contributed by atoms with van der Waals surface area (Å²) >= 11 is 0. The maximum Gasteiger partial charge on any atom is 0.322 e. The summed E-state index contributed by atoms with van der Waals surface area (Å²) in [6, 6.07) is 7.89. The first-order valence-electron chi connectivity index (χ1n) is 6.55. The zero-order chi connectivity index (χ0) is 13.9. The van der Waals surface area contributed by atoms with Gasteiger partial charge in [-0.3, -0.25) is 4.79 Å². The van der Waals surface area contributed by atoms with E-state index in [9.17, 15) is 18.3 Å². The number of hydrogen-bond donors (Lipinski definition) is 1. The van der Waals surface area contributed by atoms with Gasteiger partial charge in [0.05, 0.1) is 4.90 Å². The van der Waals surface area contributed by atoms with Gasteiger partial charge in [-0.25, -0.2) is 8.42 Å². The third kappa shape index (κ3) is 2.97. The molecule has 1 saturated carbocycles. The lowest BCUT2D eigenvalue weighted by Crippen LogP contribution is -2.38. The van der Waals surface area contributed by atoms with E-state index in [2.05, 4.69) is 0 Å². The lowest BCUT2D eigenvalue weighted by atomic mass is 9.87. The molecule has 0 heterocycles. The minimum atomic E-state index is -3.80. The summed E-state index contributed by atoms with van der Waals surface area (Å²) in [7, 11) is -3.80. The van der Waals surface area contributed by atoms with Gasteiger partial charge in [0.2, 0.25) is 0 Å². The molecule has 1 aliphatic rings. The van der Waals surface area contributed by atoms with E-state index >= 15 is 0 Å². The fourth-order valence-corrected chi connectivity index (χ4v) is 4.66. The fourth-order valence-electron chi connectivity index (χ4n) is 2.78. The average Bonchev–Trinajstić information content (AvgIpc) is 2.40. The Kier molecular flexibility index (Phi) is 4.24. The molecule has 1 N–H and O–H groups in total. The van der Waals surface area contributed by atoms with Crippen molar-refractivity contribution in [2.45, 2.75) is 42.2 Å². The molecule has 1 aliphatic carbocycles. The average molecular weight is 282 g/mol. The molecule has 1 atom stereocenters. The van der Waals surface area contributed by atoms with Crippen molar-refractivity contribution in [2.75, 3.05) is 0 Å². The van der Waals surface area contributed by atoms with Crippen LogP contribution >= 0.6 is 0 Å². The van der Waals surface area contributed by atoms with E-state index in [1.54, 1.807) is 18.2 Å². The van der Waals surface area contributed by atoms with Gasteiger partial charge in [-0.05, 0) is 30.9 Å². The number of carbonyl (C=O) groups is 1. The zero-order valence-electron chi connectivity index (χ0n) is 10.7. The number of carboxylic acids is 1. The highest BCUT2D eigenvalue weighted by Gasteiger charge is 2.40. The summed E-state index contributed by atoms with van der Waals surface area (Å²) in [6.45, 7) is 0. The van der Waals surface area contributed by atoms with Gasteiger partial charge in [-0.15, -0.1) is 0 Å². The summed E-state index contributed by atoms with van der Waals surface area (Å²) in [5.41, 5.74) is 0. The highest BCUT2D eigenvalue weighted by atomic mass is 32.2. The van der Waals surface area contributed by atoms with E-state index in [0.29, 0.717) is 12.8 Å². The maximum absolute atomic E-state index is 12.5. The highest BCUT2D eigenvalue weighted by Crippen LogP contribution is 2.32. The number of aliphatic carboxylic acids is 1. The van der Waals surface area contributed by atoms with Crippen molar-refractivity contribution in [3.63, 3.8) is 0 Å². The number of benzene rings is 1. The molecule has 4 nitrogen and oxygen atoms in total. The van der Waals surface area contributed by atoms with Crippen LogP contribution in [0.2, 0.25) is 0 Å². The molecule has 0 aromatic heterocycles. The summed E-state index contributed by atoms with van der Waals surface area (Å²) in [4.78, 5) is 11.5. The van der Waals surface area contributed by atoms with Crippen LogP contribution in [0.5, 0.6) is 0 Å². The molecule has 0 radical (unpaired) electrons. The largest absolute Gasteiger partial charge is 0.480 e. The first-order valence-corrected chi connectivity index (χ1v) is 8.10. The van der Waals surface area contributed by atoms with Crippen molar-refractivity contribution in [3.05, 3.63) is 30.3 Å². The second kappa shape index (κ2) is 5.74. The van der Waals surface area contributed by atoms with Gasteiger partial charge < -0.3 is 5.11 Å². The van der Waals surface area contributed by atoms with Crippen molar-refractivity contribution in [3.8, 4) is 0 Å². The van der Waals surface area contributed by atoms with E-state index in [1.807, 2.05) is 0 Å². The van der Waals surface area contributed by atoms with Gasteiger partial charge in [0.25, 0.3) is 0 Å². The number of rotatable bonds is 4. The van der Waals surface area contributed by atoms with Crippen LogP contribution in [0.25, 0.3) is 0 Å². The first-order chi connectivity index (χ1) is 9.03. The van der Waals surface area contributed by atoms with Gasteiger partial charge >= 0.3 is 5.97 Å². The molecule has 0 amide bonds. The summed E-state index contributed by atoms with van der Waals surface area (Å²) < 4.78 is 25.0. The Hall–Kier alpha value is -1.36. The molecule has 0 aliphatic heterocycles. The molecule has 1 aromatic carbocycles. The first kappa shape index (κ1) is 14.1. The smallest absolute Gasteiger partial charge is 0.322 e. The molecule has 1 aromatic rings. The van der Waals surface area contributed by atoms with Crippen molar-refractivity contribution in [1.82, 2.24) is 0 Å². The Bertz CT molecular complexity index is 530. The van der Waals surface area contributed by atoms with Gasteiger partial charge in [-0.1, -0.05) is 37.5 Å². The van der Waals surface area contributed by atoms with E-state index in [1.165, 1.54) is 12.1 Å². The standard InChI is InChI=1S/C14H18O4S/c15-14(16)13(11-7-3-1-4-8-11)19(17,18)12-9-5-2-6-10-12/h2,5-6,9-11,13H,1,3-4,7-8H2,(H,15,16). The lowest BCUT2D eigenvalue weighted by Gasteiger charge is -2.27. The lowest BCUT2D eigenvalue weighted by molar-refractivity contribution is -0.137. The predicted octanol–water partition coefficient (Wildman–Crippen LogP) is 2.49. The van der Waals surface area contributed by atoms with Crippen LogP contribution in [0, 0.1) is 5.92 Å². The Morgan fingerprint density at radius 1 is 1.11 bits per heavy atom. The number of sulfone groups is 1. The van der Waals surface area contributed by atoms with E-state index in [4.69, 9.17) is 0 Å². The minimum Gasteiger partial charge on any atom is -0.480 e. The second-order valence-corrected chi connectivity index (χ2v) is 7.08. The minimum absolute atomic E-state index is 0.105. The second-order valence-electron chi connectivity index (χ2n) is 5.01. The van der Waals surface area contributed by atoms with Gasteiger partial charge in [0.1, 0.15) is 0 Å². The molecule has 0 saturated heterocycles. The van der Waals surface area contributed by atoms with Crippen LogP contribution in [0.3, 0.4) is 0 Å². The highest BCUT2D eigenvalue weighted by molar-refractivity contribution is 7.92. The summed E-state index contributed by atoms with van der Waals surface area (Å²) in [5, 5.41) is 8.03. The van der Waals surface area contributed by atoms with Crippen molar-refractivity contribution >= 4 is 15.8 Å².